The van der Waals surface area contributed by atoms with E-state index in [0.29, 0.717) is 11.1 Å². The molecular formula is C14H19ClN2O2. The topological polar surface area (TPSA) is 53.4 Å². The van der Waals surface area contributed by atoms with Crippen molar-refractivity contribution >= 4 is 17.6 Å². The monoisotopic (exact) mass is 282 g/mol. The molecule has 2 rings (SSSR count). The third-order valence-corrected chi connectivity index (χ3v) is 4.01. The Labute approximate surface area is 118 Å². The minimum Gasteiger partial charge on any atom is -0.481 e. The second kappa shape index (κ2) is 6.87. The van der Waals surface area contributed by atoms with Crippen molar-refractivity contribution in [1.29, 1.82) is 0 Å². The average molecular weight is 283 g/mol. The molecule has 0 saturated carbocycles. The molecule has 1 aliphatic rings. The van der Waals surface area contributed by atoms with Crippen LogP contribution in [0.15, 0.2) is 18.5 Å². The standard InChI is InChI=1S/C14H19ClN2O2/c15-13-9-16-7-6-11(13)10-17-8-2-1-3-12(17)4-5-14(18)19/h6-7,9,12H,1-5,8,10H2,(H,18,19). The van der Waals surface area contributed by atoms with Crippen LogP contribution in [0.1, 0.15) is 37.7 Å². The molecule has 0 aliphatic carbocycles. The van der Waals surface area contributed by atoms with Gasteiger partial charge in [-0.1, -0.05) is 18.0 Å². The molecule has 0 amide bonds. The van der Waals surface area contributed by atoms with Gasteiger partial charge in [-0.2, -0.15) is 0 Å². The number of likely N-dealkylation sites (tertiary alicyclic amines) is 1. The summed E-state index contributed by atoms with van der Waals surface area (Å²) in [6, 6.07) is 2.29. The number of nitrogens with zero attached hydrogens (tertiary/aromatic N) is 2. The molecule has 1 unspecified atom stereocenters. The summed E-state index contributed by atoms with van der Waals surface area (Å²) in [7, 11) is 0. The number of halogens is 1. The molecule has 1 N–H and O–H groups in total. The number of hydrogen-bond acceptors (Lipinski definition) is 3. The molecule has 2 heterocycles. The van der Waals surface area contributed by atoms with E-state index < -0.39 is 5.97 Å². The predicted octanol–water partition coefficient (Wildman–Crippen LogP) is 2.95. The van der Waals surface area contributed by atoms with Crippen molar-refractivity contribution in [2.45, 2.75) is 44.7 Å². The van der Waals surface area contributed by atoms with E-state index in [9.17, 15) is 4.79 Å². The van der Waals surface area contributed by atoms with Gasteiger partial charge in [-0.05, 0) is 37.4 Å². The lowest BCUT2D eigenvalue weighted by Crippen LogP contribution is -2.39. The molecule has 0 bridgehead atoms. The normalized spacial score (nSPS) is 20.4. The largest absolute Gasteiger partial charge is 0.481 e. The smallest absolute Gasteiger partial charge is 0.303 e. The molecule has 4 nitrogen and oxygen atoms in total. The summed E-state index contributed by atoms with van der Waals surface area (Å²) in [5.41, 5.74) is 1.07. The lowest BCUT2D eigenvalue weighted by atomic mass is 9.97. The highest BCUT2D eigenvalue weighted by Crippen LogP contribution is 2.25. The molecule has 0 aromatic carbocycles. The van der Waals surface area contributed by atoms with Crippen LogP contribution in [0.3, 0.4) is 0 Å². The van der Waals surface area contributed by atoms with Crippen LogP contribution >= 0.6 is 11.6 Å². The van der Waals surface area contributed by atoms with Crippen LogP contribution in [-0.4, -0.2) is 33.5 Å². The number of aromatic nitrogens is 1. The highest BCUT2D eigenvalue weighted by molar-refractivity contribution is 6.31. The molecule has 1 aliphatic heterocycles. The summed E-state index contributed by atoms with van der Waals surface area (Å²) in [6.07, 6.45) is 7.81. The molecule has 1 aromatic rings. The van der Waals surface area contributed by atoms with Crippen molar-refractivity contribution in [3.8, 4) is 0 Å². The van der Waals surface area contributed by atoms with Crippen LogP contribution in [0, 0.1) is 0 Å². The van der Waals surface area contributed by atoms with Gasteiger partial charge in [-0.25, -0.2) is 0 Å². The maximum atomic E-state index is 10.7. The lowest BCUT2D eigenvalue weighted by Gasteiger charge is -2.35. The van der Waals surface area contributed by atoms with Gasteiger partial charge in [-0.3, -0.25) is 14.7 Å². The summed E-state index contributed by atoms with van der Waals surface area (Å²) in [5.74, 6) is -0.715. The second-order valence-corrected chi connectivity index (χ2v) is 5.43. The second-order valence-electron chi connectivity index (χ2n) is 5.02. The Morgan fingerprint density at radius 3 is 3.11 bits per heavy atom. The summed E-state index contributed by atoms with van der Waals surface area (Å²) >= 11 is 6.14. The van der Waals surface area contributed by atoms with Gasteiger partial charge >= 0.3 is 5.97 Å². The first-order valence-corrected chi connectivity index (χ1v) is 7.09. The van der Waals surface area contributed by atoms with Gasteiger partial charge in [0.1, 0.15) is 0 Å². The highest BCUT2D eigenvalue weighted by Gasteiger charge is 2.23. The summed E-state index contributed by atoms with van der Waals surface area (Å²) in [6.45, 7) is 1.80. The Balaban J connectivity index is 1.99. The summed E-state index contributed by atoms with van der Waals surface area (Å²) in [5, 5.41) is 9.50. The van der Waals surface area contributed by atoms with Crippen LogP contribution in [0.25, 0.3) is 0 Å². The fraction of sp³-hybridized carbons (Fsp3) is 0.571. The number of piperidine rings is 1. The van der Waals surface area contributed by atoms with E-state index in [-0.39, 0.29) is 6.42 Å². The fourth-order valence-electron chi connectivity index (χ4n) is 2.64. The highest BCUT2D eigenvalue weighted by atomic mass is 35.5. The Kier molecular flexibility index (Phi) is 5.16. The maximum absolute atomic E-state index is 10.7. The molecule has 5 heteroatoms. The van der Waals surface area contributed by atoms with E-state index in [1.807, 2.05) is 6.07 Å². The Morgan fingerprint density at radius 1 is 1.53 bits per heavy atom. The zero-order valence-electron chi connectivity index (χ0n) is 10.9. The number of pyridine rings is 1. The maximum Gasteiger partial charge on any atom is 0.303 e. The van der Waals surface area contributed by atoms with E-state index in [1.165, 1.54) is 12.8 Å². The Morgan fingerprint density at radius 2 is 2.37 bits per heavy atom. The molecule has 19 heavy (non-hydrogen) atoms. The first kappa shape index (κ1) is 14.3. The van der Waals surface area contributed by atoms with E-state index in [1.54, 1.807) is 12.4 Å². The number of aliphatic carboxylic acids is 1. The van der Waals surface area contributed by atoms with Crippen LogP contribution in [0.4, 0.5) is 0 Å². The fourth-order valence-corrected chi connectivity index (χ4v) is 2.82. The van der Waals surface area contributed by atoms with Gasteiger partial charge in [-0.15, -0.1) is 0 Å². The van der Waals surface area contributed by atoms with Gasteiger partial charge in [0.25, 0.3) is 0 Å². The number of carboxylic acids is 1. The van der Waals surface area contributed by atoms with Crippen molar-refractivity contribution < 1.29 is 9.90 Å². The minimum absolute atomic E-state index is 0.241. The van der Waals surface area contributed by atoms with Crippen molar-refractivity contribution in [1.82, 2.24) is 9.88 Å². The van der Waals surface area contributed by atoms with Gasteiger partial charge in [0.15, 0.2) is 0 Å². The van der Waals surface area contributed by atoms with Gasteiger partial charge in [0.05, 0.1) is 5.02 Å². The van der Waals surface area contributed by atoms with E-state index in [4.69, 9.17) is 16.7 Å². The van der Waals surface area contributed by atoms with E-state index in [0.717, 1.165) is 31.5 Å². The zero-order valence-corrected chi connectivity index (χ0v) is 11.6. The van der Waals surface area contributed by atoms with Crippen LogP contribution < -0.4 is 0 Å². The number of carbonyl (C=O) groups is 1. The van der Waals surface area contributed by atoms with Crippen LogP contribution in [0.2, 0.25) is 5.02 Å². The molecule has 1 saturated heterocycles. The van der Waals surface area contributed by atoms with Crippen molar-refractivity contribution in [3.63, 3.8) is 0 Å². The predicted molar refractivity (Wildman–Crippen MR) is 74.2 cm³/mol. The van der Waals surface area contributed by atoms with Crippen LogP contribution in [0.5, 0.6) is 0 Å². The summed E-state index contributed by atoms with van der Waals surface area (Å²) in [4.78, 5) is 17.1. The molecule has 0 spiro atoms. The molecule has 1 aromatic heterocycles. The van der Waals surface area contributed by atoms with Crippen molar-refractivity contribution in [2.24, 2.45) is 0 Å². The van der Waals surface area contributed by atoms with Crippen molar-refractivity contribution in [3.05, 3.63) is 29.0 Å². The number of hydrogen-bond donors (Lipinski definition) is 1. The van der Waals surface area contributed by atoms with Gasteiger partial charge < -0.3 is 5.11 Å². The SMILES string of the molecule is O=C(O)CCC1CCCCN1Cc1ccncc1Cl. The lowest BCUT2D eigenvalue weighted by molar-refractivity contribution is -0.137. The third kappa shape index (κ3) is 4.18. The number of rotatable bonds is 5. The first-order valence-electron chi connectivity index (χ1n) is 6.71. The van der Waals surface area contributed by atoms with E-state index >= 15 is 0 Å². The Hall–Kier alpha value is -1.13. The molecule has 104 valence electrons. The van der Waals surface area contributed by atoms with Crippen LogP contribution in [-0.2, 0) is 11.3 Å². The number of carboxylic acid groups (broad SMARTS) is 1. The third-order valence-electron chi connectivity index (χ3n) is 3.67. The molecule has 1 atom stereocenters. The molecule has 1 fully saturated rings. The quantitative estimate of drug-likeness (QED) is 0.902. The minimum atomic E-state index is -0.715. The first-order chi connectivity index (χ1) is 9.16. The van der Waals surface area contributed by atoms with Crippen molar-refractivity contribution in [2.75, 3.05) is 6.54 Å². The van der Waals surface area contributed by atoms with Gasteiger partial charge in [0.2, 0.25) is 0 Å². The average Bonchev–Trinajstić information content (AvgIpc) is 2.40. The Bertz CT molecular complexity index is 439. The summed E-state index contributed by atoms with van der Waals surface area (Å²) < 4.78 is 0. The zero-order chi connectivity index (χ0) is 13.7. The van der Waals surface area contributed by atoms with E-state index in [2.05, 4.69) is 9.88 Å². The molecular weight excluding hydrogens is 264 g/mol. The van der Waals surface area contributed by atoms with Gasteiger partial charge in [0, 0.05) is 31.4 Å². The molecule has 0 radical (unpaired) electrons.